The van der Waals surface area contributed by atoms with Crippen molar-refractivity contribution in [3.8, 4) is 11.3 Å². The van der Waals surface area contributed by atoms with Crippen LogP contribution in [0.1, 0.15) is 54.0 Å². The molecule has 5 nitrogen and oxygen atoms in total. The molecule has 3 aromatic rings. The second-order valence-electron chi connectivity index (χ2n) is 8.83. The molecular weight excluding hydrogens is 441 g/mol. The molecule has 0 spiro atoms. The third-order valence-corrected chi connectivity index (χ3v) is 6.92. The zero-order valence-corrected chi connectivity index (χ0v) is 18.5. The van der Waals surface area contributed by atoms with E-state index < -0.39 is 17.8 Å². The van der Waals surface area contributed by atoms with Gasteiger partial charge in [-0.25, -0.2) is 9.50 Å². The van der Waals surface area contributed by atoms with Crippen LogP contribution in [0, 0.1) is 5.92 Å². The number of rotatable bonds is 1. The van der Waals surface area contributed by atoms with Gasteiger partial charge in [0.2, 0.25) is 0 Å². The molecule has 0 radical (unpaired) electrons. The molecule has 0 bridgehead atoms. The van der Waals surface area contributed by atoms with Crippen molar-refractivity contribution in [2.45, 2.75) is 51.7 Å². The molecule has 1 saturated heterocycles. The fraction of sp³-hybridized carbons (Fsp3) is 0.435. The highest BCUT2D eigenvalue weighted by atomic mass is 35.5. The molecule has 1 amide bonds. The lowest BCUT2D eigenvalue weighted by molar-refractivity contribution is -0.143. The van der Waals surface area contributed by atoms with Gasteiger partial charge in [0.25, 0.3) is 5.91 Å². The van der Waals surface area contributed by atoms with E-state index in [1.807, 2.05) is 26.0 Å². The second-order valence-corrected chi connectivity index (χ2v) is 9.21. The number of piperidine rings is 1. The molecule has 1 aliphatic heterocycles. The first kappa shape index (κ1) is 21.2. The zero-order valence-electron chi connectivity index (χ0n) is 17.7. The van der Waals surface area contributed by atoms with Crippen LogP contribution >= 0.6 is 11.6 Å². The van der Waals surface area contributed by atoms with Gasteiger partial charge in [-0.05, 0) is 44.1 Å². The smallest absolute Gasteiger partial charge is 0.334 e. The molecule has 168 valence electrons. The lowest BCUT2D eigenvalue weighted by Gasteiger charge is -2.36. The van der Waals surface area contributed by atoms with Gasteiger partial charge in [-0.15, -0.1) is 0 Å². The van der Waals surface area contributed by atoms with Crippen LogP contribution in [0.25, 0.3) is 16.9 Å². The third-order valence-electron chi connectivity index (χ3n) is 6.57. The molecule has 1 aliphatic carbocycles. The van der Waals surface area contributed by atoms with Crippen molar-refractivity contribution in [1.29, 1.82) is 0 Å². The average molecular weight is 463 g/mol. The fourth-order valence-corrected chi connectivity index (χ4v) is 5.12. The van der Waals surface area contributed by atoms with E-state index in [4.69, 9.17) is 11.6 Å². The number of hydrogen-bond donors (Lipinski definition) is 0. The molecule has 0 unspecified atom stereocenters. The molecule has 5 rings (SSSR count). The predicted molar refractivity (Wildman–Crippen MR) is 115 cm³/mol. The van der Waals surface area contributed by atoms with Crippen LogP contribution in [0.15, 0.2) is 24.3 Å². The third kappa shape index (κ3) is 3.27. The summed E-state index contributed by atoms with van der Waals surface area (Å²) in [6.07, 6.45) is -2.19. The summed E-state index contributed by atoms with van der Waals surface area (Å²) in [6, 6.07) is 7.26. The minimum absolute atomic E-state index is 0.0327. The van der Waals surface area contributed by atoms with Crippen molar-refractivity contribution in [1.82, 2.24) is 19.5 Å². The summed E-state index contributed by atoms with van der Waals surface area (Å²) >= 11 is 6.49. The molecule has 1 aromatic carbocycles. The minimum Gasteiger partial charge on any atom is -0.334 e. The van der Waals surface area contributed by atoms with Gasteiger partial charge < -0.3 is 4.90 Å². The Balaban J connectivity index is 1.73. The molecule has 0 saturated carbocycles. The number of alkyl halides is 3. The molecule has 2 aromatic heterocycles. The number of likely N-dealkylation sites (tertiary alicyclic amines) is 1. The number of aromatic nitrogens is 3. The molecule has 3 heterocycles. The van der Waals surface area contributed by atoms with Gasteiger partial charge >= 0.3 is 6.18 Å². The van der Waals surface area contributed by atoms with E-state index in [1.165, 1.54) is 0 Å². The molecule has 9 heteroatoms. The van der Waals surface area contributed by atoms with E-state index in [0.29, 0.717) is 24.4 Å². The quantitative estimate of drug-likeness (QED) is 0.484. The molecular formula is C23H22ClF3N4O. The predicted octanol–water partition coefficient (Wildman–Crippen LogP) is 5.43. The van der Waals surface area contributed by atoms with Gasteiger partial charge in [0.15, 0.2) is 17.0 Å². The van der Waals surface area contributed by atoms with E-state index in [1.54, 1.807) is 17.0 Å². The number of nitrogens with zero attached hydrogens (tertiary/aromatic N) is 4. The fourth-order valence-electron chi connectivity index (χ4n) is 4.88. The normalized spacial score (nSPS) is 20.9. The summed E-state index contributed by atoms with van der Waals surface area (Å²) in [5.41, 5.74) is 0.706. The number of halogens is 4. The maximum atomic E-state index is 14.3. The Kier molecular flexibility index (Phi) is 4.96. The Hall–Kier alpha value is -2.61. The molecule has 0 N–H and O–H groups in total. The summed E-state index contributed by atoms with van der Waals surface area (Å²) in [5, 5.41) is 3.95. The second kappa shape index (κ2) is 7.47. The minimum atomic E-state index is -4.68. The molecule has 2 aliphatic rings. The number of carbonyl (C=O) groups excluding carboxylic acids is 1. The summed E-state index contributed by atoms with van der Waals surface area (Å²) in [6.45, 7) is 4.50. The van der Waals surface area contributed by atoms with Crippen molar-refractivity contribution in [2.75, 3.05) is 6.54 Å². The number of benzene rings is 1. The first-order valence-corrected chi connectivity index (χ1v) is 11.1. The van der Waals surface area contributed by atoms with E-state index in [0.717, 1.165) is 22.9 Å². The Labute approximate surface area is 188 Å². The van der Waals surface area contributed by atoms with Crippen molar-refractivity contribution < 1.29 is 18.0 Å². The van der Waals surface area contributed by atoms with Crippen LogP contribution in [0.5, 0.6) is 0 Å². The number of amides is 1. The SMILES string of the molecule is C[C@H]1CC[C@@H](C)N(C(=O)c2nn3c(C(F)(F)F)c4c(nc3c2Cl)-c2ccccc2CC4)C1. The van der Waals surface area contributed by atoms with Crippen molar-refractivity contribution in [2.24, 2.45) is 5.92 Å². The van der Waals surface area contributed by atoms with Crippen molar-refractivity contribution >= 4 is 23.2 Å². The monoisotopic (exact) mass is 462 g/mol. The molecule has 1 fully saturated rings. The Morgan fingerprint density at radius 1 is 1.16 bits per heavy atom. The van der Waals surface area contributed by atoms with Gasteiger partial charge in [-0.2, -0.15) is 18.3 Å². The summed E-state index contributed by atoms with van der Waals surface area (Å²) < 4.78 is 43.5. The number of carbonyl (C=O) groups is 1. The van der Waals surface area contributed by atoms with Crippen LogP contribution in [0.4, 0.5) is 13.2 Å². The Bertz CT molecular complexity index is 1240. The standard InChI is InChI=1S/C23H22ClF3N4O/c1-12-7-8-13(2)30(11-12)22(32)19-17(24)21-28-18-15-6-4-3-5-14(15)9-10-16(18)20(23(25,26)27)31(21)29-19/h3-6,12-13H,7-11H2,1-2H3/t12-,13+/m0/s1. The first-order chi connectivity index (χ1) is 15.2. The van der Waals surface area contributed by atoms with Crippen LogP contribution in [0.3, 0.4) is 0 Å². The van der Waals surface area contributed by atoms with Gasteiger partial charge in [0.05, 0.1) is 5.69 Å². The Morgan fingerprint density at radius 2 is 1.91 bits per heavy atom. The topological polar surface area (TPSA) is 50.5 Å². The number of fused-ring (bicyclic) bond motifs is 4. The Morgan fingerprint density at radius 3 is 2.66 bits per heavy atom. The van der Waals surface area contributed by atoms with Crippen LogP contribution < -0.4 is 0 Å². The highest BCUT2D eigenvalue weighted by Crippen LogP contribution is 2.42. The van der Waals surface area contributed by atoms with E-state index in [9.17, 15) is 18.0 Å². The van der Waals surface area contributed by atoms with Crippen molar-refractivity contribution in [3.63, 3.8) is 0 Å². The highest BCUT2D eigenvalue weighted by Gasteiger charge is 2.41. The maximum absolute atomic E-state index is 14.3. The number of aryl methyl sites for hydroxylation is 1. The maximum Gasteiger partial charge on any atom is 0.433 e. The first-order valence-electron chi connectivity index (χ1n) is 10.7. The average Bonchev–Trinajstić information content (AvgIpc) is 3.08. The summed E-state index contributed by atoms with van der Waals surface area (Å²) in [7, 11) is 0. The van der Waals surface area contributed by atoms with Gasteiger partial charge in [0, 0.05) is 23.7 Å². The van der Waals surface area contributed by atoms with Crippen molar-refractivity contribution in [3.05, 3.63) is 51.8 Å². The lowest BCUT2D eigenvalue weighted by atomic mass is 9.88. The summed E-state index contributed by atoms with van der Waals surface area (Å²) in [4.78, 5) is 19.5. The van der Waals surface area contributed by atoms with E-state index in [2.05, 4.69) is 10.1 Å². The highest BCUT2D eigenvalue weighted by molar-refractivity contribution is 6.36. The molecule has 32 heavy (non-hydrogen) atoms. The zero-order chi connectivity index (χ0) is 22.8. The van der Waals surface area contributed by atoms with E-state index >= 15 is 0 Å². The van der Waals surface area contributed by atoms with E-state index in [-0.39, 0.29) is 40.1 Å². The van der Waals surface area contributed by atoms with Crippen LogP contribution in [-0.2, 0) is 19.0 Å². The van der Waals surface area contributed by atoms with Gasteiger partial charge in [0.1, 0.15) is 5.02 Å². The van der Waals surface area contributed by atoms with Crippen LogP contribution in [0.2, 0.25) is 5.02 Å². The van der Waals surface area contributed by atoms with Crippen LogP contribution in [-0.4, -0.2) is 38.0 Å². The van der Waals surface area contributed by atoms with Gasteiger partial charge in [-0.1, -0.05) is 42.8 Å². The van der Waals surface area contributed by atoms with Gasteiger partial charge in [-0.3, -0.25) is 4.79 Å². The summed E-state index contributed by atoms with van der Waals surface area (Å²) in [5.74, 6) is -0.148. The lowest BCUT2D eigenvalue weighted by Crippen LogP contribution is -2.45. The largest absolute Gasteiger partial charge is 0.433 e. The number of hydrogen-bond acceptors (Lipinski definition) is 3. The molecule has 2 atom stereocenters.